The van der Waals surface area contributed by atoms with E-state index in [1.165, 1.54) is 0 Å². The molecule has 0 aliphatic carbocycles. The molecule has 3 rings (SSSR count). The summed E-state index contributed by atoms with van der Waals surface area (Å²) in [6, 6.07) is 14.9. The fourth-order valence-corrected chi connectivity index (χ4v) is 2.80. The van der Waals surface area contributed by atoms with Crippen LogP contribution in [0.1, 0.15) is 30.1 Å². The molecule has 0 spiro atoms. The standard InChI is InChI=1S/C20H22N2O3/c1-14(23)15-2-4-17(5-3-15)21-18-6-8-19(9-7-18)22-20(24)16-10-12-25-13-11-16/h2-9,16,21H,10-13H2,1H3,(H,22,24). The lowest BCUT2D eigenvalue weighted by atomic mass is 9.99. The van der Waals surface area contributed by atoms with Crippen molar-refractivity contribution in [2.75, 3.05) is 23.8 Å². The Hall–Kier alpha value is -2.66. The van der Waals surface area contributed by atoms with Gasteiger partial charge < -0.3 is 15.4 Å². The Kier molecular flexibility index (Phi) is 5.46. The molecule has 2 aromatic carbocycles. The van der Waals surface area contributed by atoms with Gasteiger partial charge in [-0.2, -0.15) is 0 Å². The van der Waals surface area contributed by atoms with Crippen molar-refractivity contribution < 1.29 is 14.3 Å². The van der Waals surface area contributed by atoms with E-state index >= 15 is 0 Å². The SMILES string of the molecule is CC(=O)c1ccc(Nc2ccc(NC(=O)C3CCOCC3)cc2)cc1. The maximum atomic E-state index is 12.2. The molecule has 1 aliphatic rings. The molecular weight excluding hydrogens is 316 g/mol. The number of Topliss-reactive ketones (excluding diaryl/α,β-unsaturated/α-hetero) is 1. The zero-order chi connectivity index (χ0) is 17.6. The molecule has 0 bridgehead atoms. The topological polar surface area (TPSA) is 67.4 Å². The van der Waals surface area contributed by atoms with Gasteiger partial charge in [0.2, 0.25) is 5.91 Å². The van der Waals surface area contributed by atoms with Crippen molar-refractivity contribution >= 4 is 28.8 Å². The maximum absolute atomic E-state index is 12.2. The quantitative estimate of drug-likeness (QED) is 0.809. The van der Waals surface area contributed by atoms with Gasteiger partial charge in [0.05, 0.1) is 0 Å². The van der Waals surface area contributed by atoms with Crippen LogP contribution in [-0.4, -0.2) is 24.9 Å². The molecule has 0 saturated carbocycles. The van der Waals surface area contributed by atoms with E-state index in [1.54, 1.807) is 19.1 Å². The van der Waals surface area contributed by atoms with Crippen LogP contribution in [0.5, 0.6) is 0 Å². The highest BCUT2D eigenvalue weighted by atomic mass is 16.5. The van der Waals surface area contributed by atoms with Crippen molar-refractivity contribution in [2.24, 2.45) is 5.92 Å². The second-order valence-electron chi connectivity index (χ2n) is 6.21. The Balaban J connectivity index is 1.58. The number of benzene rings is 2. The van der Waals surface area contributed by atoms with E-state index in [2.05, 4.69) is 10.6 Å². The highest BCUT2D eigenvalue weighted by Gasteiger charge is 2.21. The lowest BCUT2D eigenvalue weighted by Gasteiger charge is -2.21. The molecule has 0 atom stereocenters. The molecule has 1 amide bonds. The number of hydrogen-bond acceptors (Lipinski definition) is 4. The molecule has 2 aromatic rings. The molecule has 1 fully saturated rings. The second kappa shape index (κ2) is 7.94. The van der Waals surface area contributed by atoms with Gasteiger partial charge in [-0.3, -0.25) is 9.59 Å². The fraction of sp³-hybridized carbons (Fsp3) is 0.300. The molecule has 0 unspecified atom stereocenters. The average molecular weight is 338 g/mol. The minimum absolute atomic E-state index is 0.0337. The van der Waals surface area contributed by atoms with E-state index in [9.17, 15) is 9.59 Å². The van der Waals surface area contributed by atoms with Gasteiger partial charge in [0.25, 0.3) is 0 Å². The van der Waals surface area contributed by atoms with Gasteiger partial charge >= 0.3 is 0 Å². The summed E-state index contributed by atoms with van der Waals surface area (Å²) in [4.78, 5) is 23.5. The van der Waals surface area contributed by atoms with Crippen LogP contribution in [0.15, 0.2) is 48.5 Å². The van der Waals surface area contributed by atoms with Crippen LogP contribution in [-0.2, 0) is 9.53 Å². The van der Waals surface area contributed by atoms with E-state index in [0.717, 1.165) is 29.9 Å². The Morgan fingerprint density at radius 2 is 1.40 bits per heavy atom. The van der Waals surface area contributed by atoms with Gasteiger partial charge in [-0.15, -0.1) is 0 Å². The van der Waals surface area contributed by atoms with Gasteiger partial charge in [0.15, 0.2) is 5.78 Å². The van der Waals surface area contributed by atoms with Crippen LogP contribution in [0.3, 0.4) is 0 Å². The molecule has 1 heterocycles. The lowest BCUT2D eigenvalue weighted by Crippen LogP contribution is -2.28. The van der Waals surface area contributed by atoms with Crippen molar-refractivity contribution in [1.82, 2.24) is 0 Å². The van der Waals surface area contributed by atoms with Crippen LogP contribution in [0.25, 0.3) is 0 Å². The van der Waals surface area contributed by atoms with Crippen molar-refractivity contribution in [3.8, 4) is 0 Å². The van der Waals surface area contributed by atoms with Crippen molar-refractivity contribution in [1.29, 1.82) is 0 Å². The summed E-state index contributed by atoms with van der Waals surface area (Å²) in [7, 11) is 0. The third kappa shape index (κ3) is 4.67. The highest BCUT2D eigenvalue weighted by molar-refractivity contribution is 5.94. The second-order valence-corrected chi connectivity index (χ2v) is 6.21. The number of ketones is 1. The number of nitrogens with one attached hydrogen (secondary N) is 2. The number of carbonyl (C=O) groups excluding carboxylic acids is 2. The largest absolute Gasteiger partial charge is 0.381 e. The maximum Gasteiger partial charge on any atom is 0.227 e. The number of carbonyl (C=O) groups is 2. The van der Waals surface area contributed by atoms with Crippen molar-refractivity contribution in [3.63, 3.8) is 0 Å². The number of ether oxygens (including phenoxy) is 1. The van der Waals surface area contributed by atoms with Gasteiger partial charge in [-0.1, -0.05) is 0 Å². The van der Waals surface area contributed by atoms with Crippen molar-refractivity contribution in [3.05, 3.63) is 54.1 Å². The summed E-state index contributed by atoms with van der Waals surface area (Å²) in [5.41, 5.74) is 3.30. The summed E-state index contributed by atoms with van der Waals surface area (Å²) in [6.07, 6.45) is 1.56. The van der Waals surface area contributed by atoms with E-state index in [4.69, 9.17) is 4.74 Å². The third-order valence-corrected chi connectivity index (χ3v) is 4.32. The molecule has 0 radical (unpaired) electrons. The minimum atomic E-state index is 0.0337. The van der Waals surface area contributed by atoms with E-state index in [-0.39, 0.29) is 17.6 Å². The molecule has 130 valence electrons. The average Bonchev–Trinajstić information content (AvgIpc) is 2.64. The summed E-state index contributed by atoms with van der Waals surface area (Å²) < 4.78 is 5.29. The molecular formula is C20H22N2O3. The summed E-state index contributed by atoms with van der Waals surface area (Å²) >= 11 is 0. The normalized spacial score (nSPS) is 14.8. The number of anilines is 3. The zero-order valence-corrected chi connectivity index (χ0v) is 14.2. The Morgan fingerprint density at radius 1 is 0.880 bits per heavy atom. The fourth-order valence-electron chi connectivity index (χ4n) is 2.80. The van der Waals surface area contributed by atoms with E-state index in [0.29, 0.717) is 18.8 Å². The first-order valence-electron chi connectivity index (χ1n) is 8.48. The molecule has 1 saturated heterocycles. The van der Waals surface area contributed by atoms with Crippen LogP contribution in [0, 0.1) is 5.92 Å². The van der Waals surface area contributed by atoms with Crippen LogP contribution >= 0.6 is 0 Å². The summed E-state index contributed by atoms with van der Waals surface area (Å²) in [6.45, 7) is 2.86. The zero-order valence-electron chi connectivity index (χ0n) is 14.2. The Morgan fingerprint density at radius 3 is 1.96 bits per heavy atom. The number of rotatable bonds is 5. The predicted octanol–water partition coefficient (Wildman–Crippen LogP) is 4.00. The predicted molar refractivity (Wildman–Crippen MR) is 98.3 cm³/mol. The van der Waals surface area contributed by atoms with E-state index < -0.39 is 0 Å². The summed E-state index contributed by atoms with van der Waals surface area (Å²) in [5.74, 6) is 0.145. The van der Waals surface area contributed by atoms with Gasteiger partial charge in [0, 0.05) is 41.8 Å². The molecule has 5 nitrogen and oxygen atoms in total. The number of hydrogen-bond donors (Lipinski definition) is 2. The van der Waals surface area contributed by atoms with E-state index in [1.807, 2.05) is 36.4 Å². The first kappa shape index (κ1) is 17.2. The third-order valence-electron chi connectivity index (χ3n) is 4.32. The lowest BCUT2D eigenvalue weighted by molar-refractivity contribution is -0.122. The van der Waals surface area contributed by atoms with Crippen LogP contribution in [0.2, 0.25) is 0 Å². The van der Waals surface area contributed by atoms with Crippen molar-refractivity contribution in [2.45, 2.75) is 19.8 Å². The van der Waals surface area contributed by atoms with Gasteiger partial charge in [0.1, 0.15) is 0 Å². The number of amides is 1. The highest BCUT2D eigenvalue weighted by Crippen LogP contribution is 2.21. The first-order chi connectivity index (χ1) is 12.1. The van der Waals surface area contributed by atoms with Crippen LogP contribution in [0.4, 0.5) is 17.1 Å². The molecule has 25 heavy (non-hydrogen) atoms. The molecule has 5 heteroatoms. The Labute approximate surface area is 147 Å². The van der Waals surface area contributed by atoms with Gasteiger partial charge in [-0.25, -0.2) is 0 Å². The molecule has 1 aliphatic heterocycles. The molecule has 2 N–H and O–H groups in total. The smallest absolute Gasteiger partial charge is 0.227 e. The Bertz CT molecular complexity index is 733. The first-order valence-corrected chi connectivity index (χ1v) is 8.48. The monoisotopic (exact) mass is 338 g/mol. The molecule has 0 aromatic heterocycles. The van der Waals surface area contributed by atoms with Crippen LogP contribution < -0.4 is 10.6 Å². The summed E-state index contributed by atoms with van der Waals surface area (Å²) in [5, 5.41) is 6.24. The minimum Gasteiger partial charge on any atom is -0.381 e. The van der Waals surface area contributed by atoms with Gasteiger partial charge in [-0.05, 0) is 68.3 Å².